The van der Waals surface area contributed by atoms with Gasteiger partial charge in [0.1, 0.15) is 5.75 Å². The van der Waals surface area contributed by atoms with Crippen molar-refractivity contribution in [3.05, 3.63) is 29.8 Å². The molecule has 0 aromatic heterocycles. The van der Waals surface area contributed by atoms with Crippen molar-refractivity contribution in [1.82, 2.24) is 0 Å². The number of aliphatic hydroxyl groups excluding tert-OH is 2. The van der Waals surface area contributed by atoms with Crippen LogP contribution in [0.15, 0.2) is 24.3 Å². The van der Waals surface area contributed by atoms with Gasteiger partial charge in [-0.25, -0.2) is 0 Å². The highest BCUT2D eigenvalue weighted by Gasteiger charge is 2.19. The van der Waals surface area contributed by atoms with Gasteiger partial charge in [-0.2, -0.15) is 0 Å². The third kappa shape index (κ3) is 4.47. The second kappa shape index (κ2) is 7.62. The Kier molecular flexibility index (Phi) is 5.83. The lowest BCUT2D eigenvalue weighted by molar-refractivity contribution is 0.0916. The average Bonchev–Trinajstić information content (AvgIpc) is 2.47. The lowest BCUT2D eigenvalue weighted by Gasteiger charge is -2.25. The normalized spacial score (nSPS) is 24.4. The fourth-order valence-electron chi connectivity index (χ4n) is 2.66. The van der Waals surface area contributed by atoms with Gasteiger partial charge in [-0.1, -0.05) is 12.1 Å². The molecule has 1 aromatic rings. The van der Waals surface area contributed by atoms with Crippen molar-refractivity contribution in [3.8, 4) is 5.75 Å². The molecule has 20 heavy (non-hydrogen) atoms. The van der Waals surface area contributed by atoms with E-state index < -0.39 is 6.10 Å². The molecule has 0 heterocycles. The number of benzene rings is 1. The van der Waals surface area contributed by atoms with Gasteiger partial charge in [-0.3, -0.25) is 0 Å². The topological polar surface area (TPSA) is 75.7 Å². The zero-order valence-electron chi connectivity index (χ0n) is 11.9. The third-order valence-electron chi connectivity index (χ3n) is 3.98. The molecule has 1 aromatic carbocycles. The zero-order valence-corrected chi connectivity index (χ0v) is 11.9. The molecule has 0 spiro atoms. The van der Waals surface area contributed by atoms with Gasteiger partial charge in [0.2, 0.25) is 0 Å². The van der Waals surface area contributed by atoms with Gasteiger partial charge in [0, 0.05) is 0 Å². The Morgan fingerprint density at radius 3 is 2.70 bits per heavy atom. The van der Waals surface area contributed by atoms with E-state index in [0.29, 0.717) is 25.5 Å². The Labute approximate surface area is 120 Å². The van der Waals surface area contributed by atoms with E-state index in [1.807, 2.05) is 24.3 Å². The van der Waals surface area contributed by atoms with Crippen LogP contribution >= 0.6 is 0 Å². The molecular weight excluding hydrogens is 254 g/mol. The Balaban J connectivity index is 1.85. The molecule has 1 aliphatic carbocycles. The van der Waals surface area contributed by atoms with Crippen molar-refractivity contribution in [2.45, 2.75) is 44.3 Å². The molecule has 2 rings (SSSR count). The van der Waals surface area contributed by atoms with Crippen molar-refractivity contribution in [2.24, 2.45) is 11.7 Å². The van der Waals surface area contributed by atoms with Gasteiger partial charge in [-0.15, -0.1) is 0 Å². The van der Waals surface area contributed by atoms with Crippen LogP contribution in [0.4, 0.5) is 0 Å². The number of hydrogen-bond acceptors (Lipinski definition) is 4. The zero-order chi connectivity index (χ0) is 14.4. The summed E-state index contributed by atoms with van der Waals surface area (Å²) in [7, 11) is 0. The van der Waals surface area contributed by atoms with E-state index in [1.54, 1.807) is 0 Å². The number of hydrogen-bond donors (Lipinski definition) is 3. The molecule has 0 saturated heterocycles. The number of rotatable bonds is 6. The van der Waals surface area contributed by atoms with Crippen molar-refractivity contribution in [3.63, 3.8) is 0 Å². The highest BCUT2D eigenvalue weighted by Crippen LogP contribution is 2.26. The van der Waals surface area contributed by atoms with Crippen molar-refractivity contribution < 1.29 is 14.9 Å². The van der Waals surface area contributed by atoms with Crippen molar-refractivity contribution in [2.75, 3.05) is 13.2 Å². The van der Waals surface area contributed by atoms with E-state index in [2.05, 4.69) is 0 Å². The first-order valence-electron chi connectivity index (χ1n) is 7.48. The summed E-state index contributed by atoms with van der Waals surface area (Å²) in [6, 6.07) is 7.59. The summed E-state index contributed by atoms with van der Waals surface area (Å²) in [6.07, 6.45) is 3.72. The summed E-state index contributed by atoms with van der Waals surface area (Å²) < 4.78 is 5.83. The molecule has 1 saturated carbocycles. The summed E-state index contributed by atoms with van der Waals surface area (Å²) in [6.45, 7) is 1.15. The standard InChI is InChI=1S/C16H25NO3/c17-9-8-16(19)13-2-1-3-15(10-13)20-11-12-4-6-14(18)7-5-12/h1-3,10,12,14,16,18-19H,4-9,11,17H2/t12-,14-,16-/m1/s1. The molecule has 4 heteroatoms. The van der Waals surface area contributed by atoms with E-state index in [0.717, 1.165) is 37.0 Å². The molecule has 0 amide bonds. The number of ether oxygens (including phenoxy) is 1. The largest absolute Gasteiger partial charge is 0.493 e. The lowest BCUT2D eigenvalue weighted by Crippen LogP contribution is -2.22. The first-order chi connectivity index (χ1) is 9.69. The van der Waals surface area contributed by atoms with Crippen molar-refractivity contribution in [1.29, 1.82) is 0 Å². The molecule has 4 N–H and O–H groups in total. The van der Waals surface area contributed by atoms with Crippen LogP contribution in [0.25, 0.3) is 0 Å². The summed E-state index contributed by atoms with van der Waals surface area (Å²) in [5.74, 6) is 1.32. The van der Waals surface area contributed by atoms with Crippen LogP contribution in [0, 0.1) is 5.92 Å². The van der Waals surface area contributed by atoms with Crippen LogP contribution in [0.2, 0.25) is 0 Å². The minimum Gasteiger partial charge on any atom is -0.493 e. The molecule has 1 fully saturated rings. The highest BCUT2D eigenvalue weighted by atomic mass is 16.5. The first-order valence-corrected chi connectivity index (χ1v) is 7.48. The maximum absolute atomic E-state index is 9.93. The summed E-state index contributed by atoms with van der Waals surface area (Å²) >= 11 is 0. The molecule has 0 unspecified atom stereocenters. The van der Waals surface area contributed by atoms with Gasteiger partial charge >= 0.3 is 0 Å². The lowest BCUT2D eigenvalue weighted by atomic mass is 9.88. The quantitative estimate of drug-likeness (QED) is 0.744. The van der Waals surface area contributed by atoms with Crippen LogP contribution in [-0.2, 0) is 0 Å². The highest BCUT2D eigenvalue weighted by molar-refractivity contribution is 5.29. The predicted octanol–water partition coefficient (Wildman–Crippen LogP) is 2.00. The van der Waals surface area contributed by atoms with E-state index in [-0.39, 0.29) is 6.10 Å². The molecular formula is C16H25NO3. The average molecular weight is 279 g/mol. The molecule has 1 atom stereocenters. The van der Waals surface area contributed by atoms with E-state index >= 15 is 0 Å². The first kappa shape index (κ1) is 15.3. The third-order valence-corrected chi connectivity index (χ3v) is 3.98. The Hall–Kier alpha value is -1.10. The Bertz CT molecular complexity index is 402. The van der Waals surface area contributed by atoms with Gasteiger partial charge in [0.25, 0.3) is 0 Å². The van der Waals surface area contributed by atoms with Crippen LogP contribution in [0.5, 0.6) is 5.75 Å². The Morgan fingerprint density at radius 1 is 1.25 bits per heavy atom. The summed E-state index contributed by atoms with van der Waals surface area (Å²) in [5, 5.41) is 19.4. The van der Waals surface area contributed by atoms with Gasteiger partial charge in [0.15, 0.2) is 0 Å². The predicted molar refractivity (Wildman–Crippen MR) is 78.5 cm³/mol. The molecule has 0 radical (unpaired) electrons. The molecule has 112 valence electrons. The van der Waals surface area contributed by atoms with E-state index in [9.17, 15) is 10.2 Å². The van der Waals surface area contributed by atoms with Crippen LogP contribution in [-0.4, -0.2) is 29.5 Å². The molecule has 4 nitrogen and oxygen atoms in total. The second-order valence-electron chi connectivity index (χ2n) is 5.65. The maximum atomic E-state index is 9.93. The molecule has 0 aliphatic heterocycles. The van der Waals surface area contributed by atoms with Gasteiger partial charge < -0.3 is 20.7 Å². The summed E-state index contributed by atoms with van der Waals surface area (Å²) in [4.78, 5) is 0. The smallest absolute Gasteiger partial charge is 0.119 e. The van der Waals surface area contributed by atoms with E-state index in [4.69, 9.17) is 10.5 Å². The van der Waals surface area contributed by atoms with Gasteiger partial charge in [0.05, 0.1) is 18.8 Å². The van der Waals surface area contributed by atoms with Crippen LogP contribution in [0.1, 0.15) is 43.8 Å². The molecule has 1 aliphatic rings. The SMILES string of the molecule is NCC[C@@H](O)c1cccc(OC[C@H]2CC[C@H](O)CC2)c1. The van der Waals surface area contributed by atoms with E-state index in [1.165, 1.54) is 0 Å². The number of nitrogens with two attached hydrogens (primary N) is 1. The fraction of sp³-hybridized carbons (Fsp3) is 0.625. The van der Waals surface area contributed by atoms with Crippen molar-refractivity contribution >= 4 is 0 Å². The molecule has 0 bridgehead atoms. The van der Waals surface area contributed by atoms with Crippen LogP contribution < -0.4 is 10.5 Å². The van der Waals surface area contributed by atoms with Gasteiger partial charge in [-0.05, 0) is 62.3 Å². The number of aliphatic hydroxyl groups is 2. The van der Waals surface area contributed by atoms with Crippen LogP contribution in [0.3, 0.4) is 0 Å². The minimum atomic E-state index is -0.520. The maximum Gasteiger partial charge on any atom is 0.119 e. The fourth-order valence-corrected chi connectivity index (χ4v) is 2.66. The second-order valence-corrected chi connectivity index (χ2v) is 5.65. The summed E-state index contributed by atoms with van der Waals surface area (Å²) in [5.41, 5.74) is 6.31. The monoisotopic (exact) mass is 279 g/mol. The minimum absolute atomic E-state index is 0.124. The Morgan fingerprint density at radius 2 is 2.00 bits per heavy atom.